The van der Waals surface area contributed by atoms with Crippen molar-refractivity contribution in [1.82, 2.24) is 10.4 Å². The monoisotopic (exact) mass is 510 g/mol. The number of anilines is 1. The molecular formula is C22H15BrN4O6. The number of para-hydroxylation sites is 1. The van der Waals surface area contributed by atoms with E-state index in [0.29, 0.717) is 21.5 Å². The van der Waals surface area contributed by atoms with Crippen LogP contribution in [0.1, 0.15) is 5.56 Å². The summed E-state index contributed by atoms with van der Waals surface area (Å²) in [4.78, 5) is 39.4. The number of hydrazine groups is 1. The minimum Gasteiger partial charge on any atom is -0.493 e. The van der Waals surface area contributed by atoms with E-state index in [2.05, 4.69) is 26.3 Å². The summed E-state index contributed by atoms with van der Waals surface area (Å²) in [5.41, 5.74) is 3.37. The van der Waals surface area contributed by atoms with Crippen molar-refractivity contribution in [3.63, 3.8) is 0 Å². The molecular weight excluding hydrogens is 496 g/mol. The molecule has 0 unspecified atom stereocenters. The Morgan fingerprint density at radius 2 is 1.88 bits per heavy atom. The van der Waals surface area contributed by atoms with Crippen LogP contribution >= 0.6 is 15.9 Å². The Labute approximate surface area is 195 Å². The van der Waals surface area contributed by atoms with Gasteiger partial charge in [-0.15, -0.1) is 0 Å². The van der Waals surface area contributed by atoms with Crippen LogP contribution < -0.4 is 19.9 Å². The lowest BCUT2D eigenvalue weighted by Gasteiger charge is -2.14. The maximum Gasteiger partial charge on any atom is 0.287 e. The summed E-state index contributed by atoms with van der Waals surface area (Å²) in [7, 11) is 1.43. The van der Waals surface area contributed by atoms with Gasteiger partial charge in [0.2, 0.25) is 5.88 Å². The van der Waals surface area contributed by atoms with Crippen LogP contribution in [0.15, 0.2) is 70.8 Å². The number of hydrogen-bond acceptors (Lipinski definition) is 7. The first-order valence-corrected chi connectivity index (χ1v) is 10.2. The smallest absolute Gasteiger partial charge is 0.287 e. The summed E-state index contributed by atoms with van der Waals surface area (Å²) in [6.45, 7) is 0. The largest absolute Gasteiger partial charge is 0.493 e. The van der Waals surface area contributed by atoms with Crippen molar-refractivity contribution in [1.29, 1.82) is 0 Å². The average Bonchev–Trinajstić information content (AvgIpc) is 3.10. The zero-order valence-electron chi connectivity index (χ0n) is 17.0. The first kappa shape index (κ1) is 22.0. The first-order valence-electron chi connectivity index (χ1n) is 9.45. The van der Waals surface area contributed by atoms with Gasteiger partial charge in [-0.2, -0.15) is 0 Å². The molecule has 0 aliphatic carbocycles. The van der Waals surface area contributed by atoms with Gasteiger partial charge in [-0.3, -0.25) is 25.1 Å². The third kappa shape index (κ3) is 4.53. The second-order valence-electron chi connectivity index (χ2n) is 6.71. The summed E-state index contributed by atoms with van der Waals surface area (Å²) < 4.78 is 11.6. The van der Waals surface area contributed by atoms with Crippen molar-refractivity contribution in [3.05, 3.63) is 86.5 Å². The van der Waals surface area contributed by atoms with E-state index in [1.807, 2.05) is 6.07 Å². The van der Waals surface area contributed by atoms with Gasteiger partial charge in [0.15, 0.2) is 11.5 Å². The molecule has 0 saturated carbocycles. The highest BCUT2D eigenvalue weighted by atomic mass is 79.9. The molecule has 4 rings (SSSR count). The number of pyridine rings is 1. The molecule has 2 aromatic carbocycles. The van der Waals surface area contributed by atoms with E-state index in [9.17, 15) is 19.7 Å². The molecule has 0 atom stereocenters. The fourth-order valence-electron chi connectivity index (χ4n) is 3.03. The fourth-order valence-corrected chi connectivity index (χ4v) is 3.46. The number of hydrogen-bond donors (Lipinski definition) is 1. The number of aromatic nitrogens is 1. The Morgan fingerprint density at radius 1 is 1.12 bits per heavy atom. The molecule has 1 aliphatic heterocycles. The number of carbonyl (C=O) groups is 2. The predicted octanol–water partition coefficient (Wildman–Crippen LogP) is 4.01. The Hall–Kier alpha value is -4.25. The molecule has 0 spiro atoms. The number of nitrogens with zero attached hydrogens (tertiary/aromatic N) is 3. The number of nitro groups is 1. The molecule has 3 aromatic rings. The molecule has 0 bridgehead atoms. The number of methoxy groups -OCH3 is 1. The quantitative estimate of drug-likeness (QED) is 0.230. The van der Waals surface area contributed by atoms with E-state index in [4.69, 9.17) is 9.47 Å². The Morgan fingerprint density at radius 3 is 2.52 bits per heavy atom. The summed E-state index contributed by atoms with van der Waals surface area (Å²) >= 11 is 3.42. The van der Waals surface area contributed by atoms with Crippen LogP contribution in [0.3, 0.4) is 0 Å². The third-order valence-corrected chi connectivity index (χ3v) is 5.32. The maximum absolute atomic E-state index is 12.8. The predicted molar refractivity (Wildman–Crippen MR) is 122 cm³/mol. The van der Waals surface area contributed by atoms with Crippen molar-refractivity contribution in [3.8, 4) is 17.4 Å². The highest BCUT2D eigenvalue weighted by molar-refractivity contribution is 9.10. The number of nitrogens with one attached hydrogen (secondary N) is 1. The molecule has 1 saturated heterocycles. The molecule has 0 radical (unpaired) electrons. The molecule has 1 aliphatic rings. The molecule has 10 nitrogen and oxygen atoms in total. The van der Waals surface area contributed by atoms with Gasteiger partial charge in [-0.25, -0.2) is 9.99 Å². The van der Waals surface area contributed by atoms with Gasteiger partial charge in [-0.05, 0) is 35.9 Å². The van der Waals surface area contributed by atoms with Crippen LogP contribution in [-0.2, 0) is 9.59 Å². The van der Waals surface area contributed by atoms with Gasteiger partial charge in [0, 0.05) is 16.6 Å². The Kier molecular flexibility index (Phi) is 6.05. The van der Waals surface area contributed by atoms with Crippen LogP contribution in [0.4, 0.5) is 11.4 Å². The van der Waals surface area contributed by atoms with Crippen molar-refractivity contribution in [2.75, 3.05) is 12.1 Å². The number of benzene rings is 2. The SMILES string of the molecule is COc1cc(/C=C2/C(=O)NN(c3ccccc3)C2=O)c(Br)cc1Oc1ccc([N+](=O)[O-])cn1. The number of ether oxygens (including phenoxy) is 2. The molecule has 2 heterocycles. The first-order chi connectivity index (χ1) is 15.9. The Balaban J connectivity index is 1.62. The van der Waals surface area contributed by atoms with Gasteiger partial charge >= 0.3 is 0 Å². The van der Waals surface area contributed by atoms with Crippen molar-refractivity contribution < 1.29 is 24.0 Å². The van der Waals surface area contributed by atoms with Gasteiger partial charge in [-0.1, -0.05) is 34.1 Å². The zero-order valence-corrected chi connectivity index (χ0v) is 18.6. The molecule has 11 heteroatoms. The Bertz CT molecular complexity index is 1280. The van der Waals surface area contributed by atoms with Crippen LogP contribution in [-0.4, -0.2) is 28.8 Å². The summed E-state index contributed by atoms with van der Waals surface area (Å²) in [6, 6.07) is 14.5. The average molecular weight is 511 g/mol. The highest BCUT2D eigenvalue weighted by Gasteiger charge is 2.34. The van der Waals surface area contributed by atoms with Crippen LogP contribution in [0.2, 0.25) is 0 Å². The van der Waals surface area contributed by atoms with E-state index < -0.39 is 16.7 Å². The molecule has 2 amide bonds. The van der Waals surface area contributed by atoms with E-state index in [1.165, 1.54) is 30.3 Å². The van der Waals surface area contributed by atoms with Crippen LogP contribution in [0, 0.1) is 10.1 Å². The van der Waals surface area contributed by atoms with E-state index in [1.54, 1.807) is 36.4 Å². The lowest BCUT2D eigenvalue weighted by molar-refractivity contribution is -0.385. The highest BCUT2D eigenvalue weighted by Crippen LogP contribution is 2.37. The third-order valence-electron chi connectivity index (χ3n) is 4.63. The molecule has 33 heavy (non-hydrogen) atoms. The van der Waals surface area contributed by atoms with Crippen molar-refractivity contribution >= 4 is 45.2 Å². The zero-order chi connectivity index (χ0) is 23.5. The summed E-state index contributed by atoms with van der Waals surface area (Å²) in [6.07, 6.45) is 2.53. The van der Waals surface area contributed by atoms with E-state index in [-0.39, 0.29) is 22.9 Å². The van der Waals surface area contributed by atoms with Crippen LogP contribution in [0.5, 0.6) is 17.4 Å². The van der Waals surface area contributed by atoms with Crippen molar-refractivity contribution in [2.24, 2.45) is 0 Å². The van der Waals surface area contributed by atoms with E-state index >= 15 is 0 Å². The lowest BCUT2D eigenvalue weighted by atomic mass is 10.1. The molecule has 166 valence electrons. The fraction of sp³-hybridized carbons (Fsp3) is 0.0455. The molecule has 1 aromatic heterocycles. The number of carbonyl (C=O) groups excluding carboxylic acids is 2. The standard InChI is InChI=1S/C22H15BrN4O6/c1-32-18-10-13(9-16-21(28)25-26(22(16)29)14-5-3-2-4-6-14)17(23)11-19(18)33-20-8-7-15(12-24-20)27(30)31/h2-12H,1H3,(H,25,28)/b16-9-. The minimum absolute atomic E-state index is 0.0488. The van der Waals surface area contributed by atoms with Gasteiger partial charge in [0.05, 0.1) is 17.7 Å². The van der Waals surface area contributed by atoms with Gasteiger partial charge in [0.1, 0.15) is 11.8 Å². The maximum atomic E-state index is 12.8. The normalized spacial score (nSPS) is 14.4. The summed E-state index contributed by atoms with van der Waals surface area (Å²) in [5, 5.41) is 12.0. The molecule has 1 N–H and O–H groups in total. The van der Waals surface area contributed by atoms with Gasteiger partial charge < -0.3 is 9.47 Å². The number of amides is 2. The van der Waals surface area contributed by atoms with Crippen LogP contribution in [0.25, 0.3) is 6.08 Å². The lowest BCUT2D eigenvalue weighted by Crippen LogP contribution is -2.35. The molecule has 1 fully saturated rings. The second kappa shape index (κ2) is 9.09. The van der Waals surface area contributed by atoms with Gasteiger partial charge in [0.25, 0.3) is 17.5 Å². The topological polar surface area (TPSA) is 124 Å². The minimum atomic E-state index is -0.560. The van der Waals surface area contributed by atoms with Crippen molar-refractivity contribution in [2.45, 2.75) is 0 Å². The van der Waals surface area contributed by atoms with E-state index in [0.717, 1.165) is 6.20 Å². The number of halogens is 1. The second-order valence-corrected chi connectivity index (χ2v) is 7.57. The number of rotatable bonds is 6. The summed E-state index contributed by atoms with van der Waals surface area (Å²) in [5.74, 6) is -0.324.